The monoisotopic (exact) mass is 414 g/mol. The van der Waals surface area contributed by atoms with Crippen LogP contribution in [0.3, 0.4) is 0 Å². The predicted octanol–water partition coefficient (Wildman–Crippen LogP) is 3.96. The van der Waals surface area contributed by atoms with Crippen molar-refractivity contribution in [1.82, 2.24) is 10.2 Å². The van der Waals surface area contributed by atoms with Gasteiger partial charge in [-0.2, -0.15) is 0 Å². The first-order valence-electron chi connectivity index (χ1n) is 10.9. The molecule has 6 nitrogen and oxygen atoms in total. The first-order valence-corrected chi connectivity index (χ1v) is 10.9. The van der Waals surface area contributed by atoms with Gasteiger partial charge in [0.15, 0.2) is 5.82 Å². The van der Waals surface area contributed by atoms with Gasteiger partial charge >= 0.3 is 0 Å². The average molecular weight is 415 g/mol. The van der Waals surface area contributed by atoms with Crippen molar-refractivity contribution < 1.29 is 9.53 Å². The molecule has 3 aromatic rings. The van der Waals surface area contributed by atoms with Crippen molar-refractivity contribution in [2.45, 2.75) is 19.3 Å². The molecule has 2 aliphatic rings. The zero-order valence-electron chi connectivity index (χ0n) is 17.7. The second-order valence-electron chi connectivity index (χ2n) is 8.16. The zero-order chi connectivity index (χ0) is 21.2. The second-order valence-corrected chi connectivity index (χ2v) is 8.16. The van der Waals surface area contributed by atoms with Gasteiger partial charge < -0.3 is 14.5 Å². The van der Waals surface area contributed by atoms with Crippen LogP contribution >= 0.6 is 0 Å². The van der Waals surface area contributed by atoms with Gasteiger partial charge in [0, 0.05) is 30.9 Å². The average Bonchev–Trinajstić information content (AvgIpc) is 3.28. The summed E-state index contributed by atoms with van der Waals surface area (Å²) in [5.41, 5.74) is 4.17. The van der Waals surface area contributed by atoms with Crippen molar-refractivity contribution in [1.29, 1.82) is 0 Å². The molecule has 0 spiro atoms. The Morgan fingerprint density at radius 3 is 2.61 bits per heavy atom. The zero-order valence-corrected chi connectivity index (χ0v) is 17.7. The van der Waals surface area contributed by atoms with E-state index < -0.39 is 0 Å². The van der Waals surface area contributed by atoms with E-state index in [1.165, 1.54) is 5.56 Å². The lowest BCUT2D eigenvalue weighted by atomic mass is 9.96. The molecule has 1 saturated heterocycles. The Morgan fingerprint density at radius 1 is 1.00 bits per heavy atom. The summed E-state index contributed by atoms with van der Waals surface area (Å²) in [5.74, 6) is 1.87. The topological polar surface area (TPSA) is 58.6 Å². The van der Waals surface area contributed by atoms with E-state index in [-0.39, 0.29) is 11.8 Å². The number of aromatic nitrogens is 2. The number of benzene rings is 2. The van der Waals surface area contributed by atoms with Crippen LogP contribution in [0.4, 0.5) is 11.5 Å². The molecule has 2 aromatic carbocycles. The van der Waals surface area contributed by atoms with E-state index in [1.54, 1.807) is 7.11 Å². The number of methoxy groups -OCH3 is 1. The maximum absolute atomic E-state index is 13.3. The number of nitrogens with zero attached hydrogens (tertiary/aromatic N) is 4. The van der Waals surface area contributed by atoms with Crippen LogP contribution in [0.25, 0.3) is 11.3 Å². The molecule has 1 amide bonds. The van der Waals surface area contributed by atoms with E-state index in [9.17, 15) is 4.79 Å². The molecular formula is C25H26N4O2. The molecule has 0 aliphatic carbocycles. The van der Waals surface area contributed by atoms with Gasteiger partial charge in [0.2, 0.25) is 5.91 Å². The Balaban J connectivity index is 1.28. The number of carbonyl (C=O) groups excluding carboxylic acids is 1. The maximum atomic E-state index is 13.3. The molecule has 5 rings (SSSR count). The van der Waals surface area contributed by atoms with Crippen LogP contribution < -0.4 is 14.5 Å². The molecule has 1 aromatic heterocycles. The molecule has 1 fully saturated rings. The summed E-state index contributed by atoms with van der Waals surface area (Å²) in [7, 11) is 1.66. The normalized spacial score (nSPS) is 18.0. The number of fused-ring (bicyclic) bond motifs is 1. The van der Waals surface area contributed by atoms with Gasteiger partial charge in [-0.3, -0.25) is 4.79 Å². The summed E-state index contributed by atoms with van der Waals surface area (Å²) in [4.78, 5) is 17.5. The van der Waals surface area contributed by atoms with Crippen molar-refractivity contribution in [3.05, 3.63) is 66.2 Å². The van der Waals surface area contributed by atoms with E-state index in [0.29, 0.717) is 6.54 Å². The SMILES string of the molecule is COc1ccc(-c2ccc(N3CCCC(C(=O)N4CCc5ccccc54)C3)nn2)cc1. The number of para-hydroxylation sites is 1. The highest BCUT2D eigenvalue weighted by Gasteiger charge is 2.33. The summed E-state index contributed by atoms with van der Waals surface area (Å²) in [5, 5.41) is 8.90. The highest BCUT2D eigenvalue weighted by Crippen LogP contribution is 2.31. The number of ether oxygens (including phenoxy) is 1. The van der Waals surface area contributed by atoms with Crippen molar-refractivity contribution in [3.63, 3.8) is 0 Å². The number of hydrogen-bond acceptors (Lipinski definition) is 5. The smallest absolute Gasteiger partial charge is 0.231 e. The third kappa shape index (κ3) is 3.85. The molecule has 6 heteroatoms. The van der Waals surface area contributed by atoms with Crippen LogP contribution in [0.15, 0.2) is 60.7 Å². The van der Waals surface area contributed by atoms with Crippen molar-refractivity contribution >= 4 is 17.4 Å². The Kier molecular flexibility index (Phi) is 5.28. The fourth-order valence-corrected chi connectivity index (χ4v) is 4.58. The Hall–Kier alpha value is -3.41. The van der Waals surface area contributed by atoms with E-state index >= 15 is 0 Å². The van der Waals surface area contributed by atoms with E-state index in [2.05, 4.69) is 27.2 Å². The highest BCUT2D eigenvalue weighted by molar-refractivity contribution is 5.97. The maximum Gasteiger partial charge on any atom is 0.231 e. The Morgan fingerprint density at radius 2 is 1.84 bits per heavy atom. The number of piperidine rings is 1. The van der Waals surface area contributed by atoms with Gasteiger partial charge in [-0.15, -0.1) is 10.2 Å². The van der Waals surface area contributed by atoms with Crippen LogP contribution in [0.2, 0.25) is 0 Å². The third-order valence-electron chi connectivity index (χ3n) is 6.28. The highest BCUT2D eigenvalue weighted by atomic mass is 16.5. The minimum absolute atomic E-state index is 0.0111. The molecule has 0 saturated carbocycles. The minimum atomic E-state index is -0.0111. The molecular weight excluding hydrogens is 388 g/mol. The predicted molar refractivity (Wildman–Crippen MR) is 121 cm³/mol. The van der Waals surface area contributed by atoms with Gasteiger partial charge in [-0.05, 0) is 67.3 Å². The molecule has 1 unspecified atom stereocenters. The first kappa shape index (κ1) is 19.5. The molecule has 3 heterocycles. The van der Waals surface area contributed by atoms with Gasteiger partial charge in [0.05, 0.1) is 18.7 Å². The molecule has 31 heavy (non-hydrogen) atoms. The lowest BCUT2D eigenvalue weighted by Gasteiger charge is -2.34. The summed E-state index contributed by atoms with van der Waals surface area (Å²) >= 11 is 0. The largest absolute Gasteiger partial charge is 0.497 e. The van der Waals surface area contributed by atoms with Crippen LogP contribution in [-0.2, 0) is 11.2 Å². The number of carbonyl (C=O) groups is 1. The van der Waals surface area contributed by atoms with Gasteiger partial charge in [0.25, 0.3) is 0 Å². The summed E-state index contributed by atoms with van der Waals surface area (Å²) in [6, 6.07) is 20.0. The van der Waals surface area contributed by atoms with Crippen LogP contribution in [-0.4, -0.2) is 42.8 Å². The summed E-state index contributed by atoms with van der Waals surface area (Å²) in [6.45, 7) is 2.37. The van der Waals surface area contributed by atoms with Crippen LogP contribution in [0, 0.1) is 5.92 Å². The third-order valence-corrected chi connectivity index (χ3v) is 6.28. The van der Waals surface area contributed by atoms with E-state index in [4.69, 9.17) is 4.74 Å². The molecule has 0 bridgehead atoms. The Bertz CT molecular complexity index is 1070. The quantitative estimate of drug-likeness (QED) is 0.647. The number of hydrogen-bond donors (Lipinski definition) is 0. The van der Waals surface area contributed by atoms with Crippen molar-refractivity contribution in [2.75, 3.05) is 36.5 Å². The van der Waals surface area contributed by atoms with E-state index in [0.717, 1.165) is 60.9 Å². The number of rotatable bonds is 4. The van der Waals surface area contributed by atoms with Crippen molar-refractivity contribution in [2.24, 2.45) is 5.92 Å². The summed E-state index contributed by atoms with van der Waals surface area (Å²) in [6.07, 6.45) is 2.84. The fraction of sp³-hybridized carbons (Fsp3) is 0.320. The van der Waals surface area contributed by atoms with Gasteiger partial charge in [0.1, 0.15) is 5.75 Å². The van der Waals surface area contributed by atoms with E-state index in [1.807, 2.05) is 53.4 Å². The summed E-state index contributed by atoms with van der Waals surface area (Å²) < 4.78 is 5.22. The molecule has 1 atom stereocenters. The fourth-order valence-electron chi connectivity index (χ4n) is 4.58. The number of amides is 1. The van der Waals surface area contributed by atoms with Gasteiger partial charge in [-0.25, -0.2) is 0 Å². The second kappa shape index (κ2) is 8.38. The lowest BCUT2D eigenvalue weighted by Crippen LogP contribution is -2.45. The lowest BCUT2D eigenvalue weighted by molar-refractivity contribution is -0.122. The molecule has 158 valence electrons. The molecule has 0 N–H and O–H groups in total. The standard InChI is InChI=1S/C25H26N4O2/c1-31-21-10-8-18(9-11-21)22-12-13-24(27-26-22)28-15-4-6-20(17-28)25(30)29-16-14-19-5-2-3-7-23(19)29/h2-3,5,7-13,20H,4,6,14-17H2,1H3. The van der Waals surface area contributed by atoms with Gasteiger partial charge in [-0.1, -0.05) is 18.2 Å². The molecule has 0 radical (unpaired) electrons. The molecule has 2 aliphatic heterocycles. The number of anilines is 2. The van der Waals surface area contributed by atoms with Crippen molar-refractivity contribution in [3.8, 4) is 17.0 Å². The van der Waals surface area contributed by atoms with Crippen LogP contribution in [0.5, 0.6) is 5.75 Å². The minimum Gasteiger partial charge on any atom is -0.497 e. The Labute approximate surface area is 182 Å². The van der Waals surface area contributed by atoms with Crippen LogP contribution in [0.1, 0.15) is 18.4 Å². The first-order chi connectivity index (χ1) is 15.2.